The molecule has 0 unspecified atom stereocenters. The van der Waals surface area contributed by atoms with Gasteiger partial charge in [-0.2, -0.15) is 13.2 Å². The lowest BCUT2D eigenvalue weighted by atomic mass is 9.99. The molecular weight excluding hydrogens is 373 g/mol. The van der Waals surface area contributed by atoms with Crippen LogP contribution in [0.4, 0.5) is 13.2 Å². The lowest BCUT2D eigenvalue weighted by Gasteiger charge is -2.11. The lowest BCUT2D eigenvalue weighted by molar-refractivity contribution is -0.137. The zero-order chi connectivity index (χ0) is 19.4. The monoisotopic (exact) mass is 388 g/mol. The zero-order valence-corrected chi connectivity index (χ0v) is 15.1. The number of ether oxygens (including phenoxy) is 1. The fraction of sp³-hybridized carbons (Fsp3) is 0.0952. The smallest absolute Gasteiger partial charge is 0.416 e. The molecule has 0 aliphatic heterocycles. The van der Waals surface area contributed by atoms with Crippen molar-refractivity contribution in [2.24, 2.45) is 0 Å². The van der Waals surface area contributed by atoms with Crippen LogP contribution in [0.5, 0.6) is 5.75 Å². The number of allylic oxidation sites excluding steroid dienone is 1. The van der Waals surface area contributed by atoms with Crippen LogP contribution < -0.4 is 4.74 Å². The van der Waals surface area contributed by atoms with Gasteiger partial charge in [0.15, 0.2) is 6.29 Å². The summed E-state index contributed by atoms with van der Waals surface area (Å²) < 4.78 is 43.5. The van der Waals surface area contributed by atoms with Gasteiger partial charge in [-0.05, 0) is 59.0 Å². The number of thiophene rings is 1. The first-order chi connectivity index (χ1) is 12.9. The predicted octanol–water partition coefficient (Wildman–Crippen LogP) is 6.18. The van der Waals surface area contributed by atoms with E-state index in [0.29, 0.717) is 28.7 Å². The maximum Gasteiger partial charge on any atom is 0.416 e. The summed E-state index contributed by atoms with van der Waals surface area (Å²) in [4.78, 5) is 12.7. The summed E-state index contributed by atoms with van der Waals surface area (Å²) in [6.07, 6.45) is -2.18. The average Bonchev–Trinajstić information content (AvgIpc) is 3.20. The van der Waals surface area contributed by atoms with E-state index in [2.05, 4.69) is 0 Å². The number of aldehydes is 1. The first-order valence-corrected chi connectivity index (χ1v) is 8.87. The van der Waals surface area contributed by atoms with Crippen LogP contribution in [0.2, 0.25) is 0 Å². The molecule has 138 valence electrons. The second-order valence-electron chi connectivity index (χ2n) is 5.73. The average molecular weight is 388 g/mol. The highest BCUT2D eigenvalue weighted by Gasteiger charge is 2.29. The Morgan fingerprint density at radius 3 is 2.37 bits per heavy atom. The maximum atomic E-state index is 12.7. The second-order valence-corrected chi connectivity index (χ2v) is 6.68. The molecule has 2 aromatic carbocycles. The summed E-state index contributed by atoms with van der Waals surface area (Å²) in [6.45, 7) is 0. The van der Waals surface area contributed by atoms with Crippen molar-refractivity contribution in [1.82, 2.24) is 0 Å². The van der Waals surface area contributed by atoms with Gasteiger partial charge in [0.05, 0.1) is 12.7 Å². The van der Waals surface area contributed by atoms with Crippen LogP contribution in [0.15, 0.2) is 60.0 Å². The highest BCUT2D eigenvalue weighted by molar-refractivity contribution is 7.13. The molecule has 0 aliphatic carbocycles. The van der Waals surface area contributed by atoms with Crippen molar-refractivity contribution < 1.29 is 22.7 Å². The SMILES string of the molecule is COc1ccc(-c2cccs2)cc1C(C=O)=Cc1ccc(C(F)(F)F)cc1. The number of benzene rings is 2. The van der Waals surface area contributed by atoms with Crippen molar-refractivity contribution in [3.63, 3.8) is 0 Å². The third-order valence-electron chi connectivity index (χ3n) is 4.00. The van der Waals surface area contributed by atoms with E-state index in [1.165, 1.54) is 19.2 Å². The largest absolute Gasteiger partial charge is 0.496 e. The van der Waals surface area contributed by atoms with Gasteiger partial charge in [-0.3, -0.25) is 4.79 Å². The van der Waals surface area contributed by atoms with Gasteiger partial charge in [-0.15, -0.1) is 11.3 Å². The Balaban J connectivity index is 2.03. The normalized spacial score (nSPS) is 12.1. The molecule has 0 atom stereocenters. The van der Waals surface area contributed by atoms with Gasteiger partial charge < -0.3 is 4.74 Å². The van der Waals surface area contributed by atoms with E-state index < -0.39 is 11.7 Å². The van der Waals surface area contributed by atoms with Crippen LogP contribution in [0, 0.1) is 0 Å². The molecule has 6 heteroatoms. The fourth-order valence-electron chi connectivity index (χ4n) is 2.65. The lowest BCUT2D eigenvalue weighted by Crippen LogP contribution is -2.04. The molecule has 0 spiro atoms. The van der Waals surface area contributed by atoms with Crippen LogP contribution >= 0.6 is 11.3 Å². The maximum absolute atomic E-state index is 12.7. The minimum Gasteiger partial charge on any atom is -0.496 e. The fourth-order valence-corrected chi connectivity index (χ4v) is 3.38. The summed E-state index contributed by atoms with van der Waals surface area (Å²) >= 11 is 1.57. The molecule has 0 saturated carbocycles. The summed E-state index contributed by atoms with van der Waals surface area (Å²) in [5.41, 5.74) is 1.60. The molecule has 3 rings (SSSR count). The number of alkyl halides is 3. The molecule has 0 amide bonds. The standard InChI is InChI=1S/C21H15F3O2S/c1-26-19-9-6-15(20-3-2-10-27-20)12-18(19)16(13-25)11-14-4-7-17(8-5-14)21(22,23)24/h2-13H,1H3. The van der Waals surface area contributed by atoms with Gasteiger partial charge in [0.1, 0.15) is 5.75 Å². The highest BCUT2D eigenvalue weighted by Crippen LogP contribution is 2.34. The summed E-state index contributed by atoms with van der Waals surface area (Å²) in [7, 11) is 1.50. The minimum absolute atomic E-state index is 0.324. The van der Waals surface area contributed by atoms with Gasteiger partial charge in [0.2, 0.25) is 0 Å². The third kappa shape index (κ3) is 4.28. The zero-order valence-electron chi connectivity index (χ0n) is 14.3. The van der Waals surface area contributed by atoms with Gasteiger partial charge in [0, 0.05) is 16.0 Å². The molecule has 0 fully saturated rings. The van der Waals surface area contributed by atoms with Gasteiger partial charge >= 0.3 is 6.18 Å². The van der Waals surface area contributed by atoms with Crippen molar-refractivity contribution in [1.29, 1.82) is 0 Å². The van der Waals surface area contributed by atoms with Crippen LogP contribution in [0.1, 0.15) is 16.7 Å². The number of carbonyl (C=O) groups excluding carboxylic acids is 1. The molecule has 0 bridgehead atoms. The van der Waals surface area contributed by atoms with Crippen LogP contribution in [0.3, 0.4) is 0 Å². The number of hydrogen-bond donors (Lipinski definition) is 0. The van der Waals surface area contributed by atoms with Gasteiger partial charge in [-0.1, -0.05) is 18.2 Å². The molecule has 1 aromatic heterocycles. The molecule has 1 heterocycles. The molecule has 27 heavy (non-hydrogen) atoms. The molecule has 3 aromatic rings. The third-order valence-corrected chi connectivity index (χ3v) is 4.92. The summed E-state index contributed by atoms with van der Waals surface area (Å²) in [5, 5.41) is 1.96. The van der Waals surface area contributed by atoms with Crippen molar-refractivity contribution >= 4 is 29.3 Å². The summed E-state index contributed by atoms with van der Waals surface area (Å²) in [5.74, 6) is 0.514. The number of halogens is 3. The minimum atomic E-state index is -4.39. The Hall–Kier alpha value is -2.86. The van der Waals surface area contributed by atoms with E-state index in [1.54, 1.807) is 23.5 Å². The molecule has 0 saturated heterocycles. The second kappa shape index (κ2) is 7.80. The Labute approximate surface area is 158 Å². The number of rotatable bonds is 5. The van der Waals surface area contributed by atoms with E-state index in [0.717, 1.165) is 22.6 Å². The van der Waals surface area contributed by atoms with Gasteiger partial charge in [-0.25, -0.2) is 0 Å². The first kappa shape index (κ1) is 18.9. The molecular formula is C21H15F3O2S. The number of hydrogen-bond acceptors (Lipinski definition) is 3. The van der Waals surface area contributed by atoms with Crippen LogP contribution in [0.25, 0.3) is 22.1 Å². The van der Waals surface area contributed by atoms with Crippen molar-refractivity contribution in [3.8, 4) is 16.2 Å². The van der Waals surface area contributed by atoms with E-state index in [1.807, 2.05) is 29.6 Å². The van der Waals surface area contributed by atoms with E-state index in [9.17, 15) is 18.0 Å². The molecule has 0 radical (unpaired) electrons. The molecule has 2 nitrogen and oxygen atoms in total. The van der Waals surface area contributed by atoms with Crippen molar-refractivity contribution in [3.05, 3.63) is 76.7 Å². The topological polar surface area (TPSA) is 26.3 Å². The highest BCUT2D eigenvalue weighted by atomic mass is 32.1. The van der Waals surface area contributed by atoms with Crippen molar-refractivity contribution in [2.75, 3.05) is 7.11 Å². The Bertz CT molecular complexity index is 956. The Morgan fingerprint density at radius 1 is 1.07 bits per heavy atom. The Kier molecular flexibility index (Phi) is 5.46. The summed E-state index contributed by atoms with van der Waals surface area (Å²) in [6, 6.07) is 14.1. The van der Waals surface area contributed by atoms with Crippen LogP contribution in [-0.4, -0.2) is 13.4 Å². The molecule has 0 N–H and O–H groups in total. The number of carbonyl (C=O) groups is 1. The van der Waals surface area contributed by atoms with Gasteiger partial charge in [0.25, 0.3) is 0 Å². The van der Waals surface area contributed by atoms with E-state index in [-0.39, 0.29) is 0 Å². The Morgan fingerprint density at radius 2 is 1.81 bits per heavy atom. The van der Waals surface area contributed by atoms with Crippen LogP contribution in [-0.2, 0) is 11.0 Å². The predicted molar refractivity (Wildman–Crippen MR) is 102 cm³/mol. The quantitative estimate of drug-likeness (QED) is 0.296. The first-order valence-electron chi connectivity index (χ1n) is 7.99. The van der Waals surface area contributed by atoms with E-state index >= 15 is 0 Å². The number of methoxy groups -OCH3 is 1. The molecule has 0 aliphatic rings. The van der Waals surface area contributed by atoms with E-state index in [4.69, 9.17) is 4.74 Å². The van der Waals surface area contributed by atoms with Crippen molar-refractivity contribution in [2.45, 2.75) is 6.18 Å².